The average Bonchev–Trinajstić information content (AvgIpc) is 2.60. The molecule has 26 heavy (non-hydrogen) atoms. The molecule has 2 rings (SSSR count). The lowest BCUT2D eigenvalue weighted by molar-refractivity contribution is -0.155. The molecule has 0 unspecified atom stereocenters. The third-order valence-corrected chi connectivity index (χ3v) is 4.45. The highest BCUT2D eigenvalue weighted by Gasteiger charge is 2.19. The van der Waals surface area contributed by atoms with E-state index < -0.39 is 18.0 Å². The molecule has 1 atom stereocenters. The molecule has 0 fully saturated rings. The van der Waals surface area contributed by atoms with Crippen LogP contribution in [0.1, 0.15) is 23.6 Å². The molecular weight excluding hydrogens is 354 g/mol. The van der Waals surface area contributed by atoms with Crippen LogP contribution < -0.4 is 10.1 Å². The molecule has 2 aromatic rings. The summed E-state index contributed by atoms with van der Waals surface area (Å²) in [5, 5.41) is 3.25. The molecule has 0 bridgehead atoms. The minimum atomic E-state index is -0.954. The Labute approximate surface area is 158 Å². The summed E-state index contributed by atoms with van der Waals surface area (Å²) in [6.45, 7) is 6.99. The Balaban J connectivity index is 1.86. The number of benzene rings is 2. The van der Waals surface area contributed by atoms with Crippen LogP contribution in [0.25, 0.3) is 0 Å². The van der Waals surface area contributed by atoms with E-state index >= 15 is 0 Å². The van der Waals surface area contributed by atoms with E-state index in [2.05, 4.69) is 5.32 Å². The Morgan fingerprint density at radius 1 is 1.12 bits per heavy atom. The summed E-state index contributed by atoms with van der Waals surface area (Å²) in [4.78, 5) is 24.1. The summed E-state index contributed by atoms with van der Waals surface area (Å²) in [6, 6.07) is 10.8. The monoisotopic (exact) mass is 375 g/mol. The summed E-state index contributed by atoms with van der Waals surface area (Å²) < 4.78 is 10.5. The van der Waals surface area contributed by atoms with E-state index in [4.69, 9.17) is 21.1 Å². The zero-order valence-electron chi connectivity index (χ0n) is 15.3. The van der Waals surface area contributed by atoms with Crippen molar-refractivity contribution in [3.05, 3.63) is 58.1 Å². The van der Waals surface area contributed by atoms with E-state index in [1.165, 1.54) is 6.92 Å². The van der Waals surface area contributed by atoms with Gasteiger partial charge in [0.15, 0.2) is 12.7 Å². The first-order valence-corrected chi connectivity index (χ1v) is 8.61. The van der Waals surface area contributed by atoms with Crippen molar-refractivity contribution < 1.29 is 19.1 Å². The number of esters is 1. The van der Waals surface area contributed by atoms with Crippen molar-refractivity contribution in [2.45, 2.75) is 33.8 Å². The summed E-state index contributed by atoms with van der Waals surface area (Å²) >= 11 is 6.03. The fraction of sp³-hybridized carbons (Fsp3) is 0.300. The van der Waals surface area contributed by atoms with E-state index in [1.807, 2.05) is 26.0 Å². The number of halogens is 1. The van der Waals surface area contributed by atoms with E-state index in [9.17, 15) is 9.59 Å². The first-order valence-electron chi connectivity index (χ1n) is 8.23. The molecule has 2 aromatic carbocycles. The lowest BCUT2D eigenvalue weighted by Crippen LogP contribution is -2.31. The van der Waals surface area contributed by atoms with Gasteiger partial charge < -0.3 is 14.8 Å². The number of hydrogen-bond donors (Lipinski definition) is 1. The van der Waals surface area contributed by atoms with Gasteiger partial charge in [-0.25, -0.2) is 4.79 Å². The van der Waals surface area contributed by atoms with Gasteiger partial charge in [-0.1, -0.05) is 23.7 Å². The number of aryl methyl sites for hydroxylation is 2. The van der Waals surface area contributed by atoms with Gasteiger partial charge in [0, 0.05) is 10.7 Å². The minimum Gasteiger partial charge on any atom is -0.482 e. The van der Waals surface area contributed by atoms with Gasteiger partial charge in [-0.3, -0.25) is 4.79 Å². The maximum Gasteiger partial charge on any atom is 0.344 e. The van der Waals surface area contributed by atoms with Crippen molar-refractivity contribution >= 4 is 29.2 Å². The van der Waals surface area contributed by atoms with Crippen molar-refractivity contribution in [2.24, 2.45) is 0 Å². The van der Waals surface area contributed by atoms with E-state index in [0.717, 1.165) is 16.7 Å². The van der Waals surface area contributed by atoms with Gasteiger partial charge in [0.05, 0.1) is 0 Å². The second-order valence-corrected chi connectivity index (χ2v) is 6.48. The van der Waals surface area contributed by atoms with Crippen molar-refractivity contribution in [2.75, 3.05) is 11.9 Å². The van der Waals surface area contributed by atoms with Gasteiger partial charge in [0.2, 0.25) is 0 Å². The molecular formula is C20H22ClNO4. The molecule has 5 nitrogen and oxygen atoms in total. The number of carbonyl (C=O) groups is 2. The Bertz CT molecular complexity index is 819. The van der Waals surface area contributed by atoms with Crippen molar-refractivity contribution in [1.82, 2.24) is 0 Å². The molecule has 0 aliphatic heterocycles. The number of amides is 1. The largest absolute Gasteiger partial charge is 0.482 e. The van der Waals surface area contributed by atoms with Crippen LogP contribution in [-0.2, 0) is 14.3 Å². The van der Waals surface area contributed by atoms with E-state index in [0.29, 0.717) is 16.5 Å². The summed E-state index contributed by atoms with van der Waals surface area (Å²) in [6.07, 6.45) is -0.954. The highest BCUT2D eigenvalue weighted by Crippen LogP contribution is 2.23. The SMILES string of the molecule is Cc1ccc(OCC(=O)O[C@@H](C)C(=O)Nc2cccc(Cl)c2C)cc1C. The smallest absolute Gasteiger partial charge is 0.344 e. The zero-order chi connectivity index (χ0) is 19.3. The van der Waals surface area contributed by atoms with Crippen molar-refractivity contribution in [1.29, 1.82) is 0 Å². The van der Waals surface area contributed by atoms with E-state index in [1.54, 1.807) is 31.2 Å². The third kappa shape index (κ3) is 5.23. The van der Waals surface area contributed by atoms with Crippen LogP contribution in [0.5, 0.6) is 5.75 Å². The normalized spacial score (nSPS) is 11.6. The zero-order valence-corrected chi connectivity index (χ0v) is 16.0. The summed E-state index contributed by atoms with van der Waals surface area (Å²) in [5.41, 5.74) is 3.54. The Morgan fingerprint density at radius 2 is 1.85 bits per heavy atom. The number of carbonyl (C=O) groups excluding carboxylic acids is 2. The standard InChI is InChI=1S/C20H22ClNO4/c1-12-8-9-16(10-13(12)2)25-11-19(23)26-15(4)20(24)22-18-7-5-6-17(21)14(18)3/h5-10,15H,11H2,1-4H3,(H,22,24)/t15-/m0/s1. The van der Waals surface area contributed by atoms with Crippen LogP contribution in [0.3, 0.4) is 0 Å². The topological polar surface area (TPSA) is 64.6 Å². The molecule has 0 radical (unpaired) electrons. The fourth-order valence-electron chi connectivity index (χ4n) is 2.21. The quantitative estimate of drug-likeness (QED) is 0.768. The van der Waals surface area contributed by atoms with Gasteiger partial charge in [0.1, 0.15) is 5.75 Å². The van der Waals surface area contributed by atoms with Crippen LogP contribution in [0.15, 0.2) is 36.4 Å². The maximum absolute atomic E-state index is 12.2. The summed E-state index contributed by atoms with van der Waals surface area (Å²) in [5.74, 6) is -0.472. The molecule has 0 saturated heterocycles. The van der Waals surface area contributed by atoms with Gasteiger partial charge in [0.25, 0.3) is 5.91 Å². The van der Waals surface area contributed by atoms with Gasteiger partial charge in [-0.15, -0.1) is 0 Å². The van der Waals surface area contributed by atoms with Crippen molar-refractivity contribution in [3.63, 3.8) is 0 Å². The predicted molar refractivity (Wildman–Crippen MR) is 102 cm³/mol. The third-order valence-electron chi connectivity index (χ3n) is 4.04. The molecule has 1 N–H and O–H groups in total. The molecule has 0 aromatic heterocycles. The molecule has 0 spiro atoms. The number of hydrogen-bond acceptors (Lipinski definition) is 4. The van der Waals surface area contributed by atoms with Crippen LogP contribution in [0.2, 0.25) is 5.02 Å². The maximum atomic E-state index is 12.2. The molecule has 0 aliphatic rings. The number of rotatable bonds is 6. The molecule has 6 heteroatoms. The van der Waals surface area contributed by atoms with Crippen LogP contribution >= 0.6 is 11.6 Å². The molecule has 0 aliphatic carbocycles. The second-order valence-electron chi connectivity index (χ2n) is 6.07. The van der Waals surface area contributed by atoms with Gasteiger partial charge >= 0.3 is 5.97 Å². The van der Waals surface area contributed by atoms with Crippen LogP contribution in [0, 0.1) is 20.8 Å². The minimum absolute atomic E-state index is 0.268. The molecule has 0 heterocycles. The second kappa shape index (κ2) is 8.72. The van der Waals surface area contributed by atoms with Gasteiger partial charge in [-0.2, -0.15) is 0 Å². The van der Waals surface area contributed by atoms with Crippen LogP contribution in [-0.4, -0.2) is 24.6 Å². The lowest BCUT2D eigenvalue weighted by atomic mass is 10.1. The van der Waals surface area contributed by atoms with Gasteiger partial charge in [-0.05, 0) is 68.7 Å². The van der Waals surface area contributed by atoms with E-state index in [-0.39, 0.29) is 6.61 Å². The first-order chi connectivity index (χ1) is 12.3. The average molecular weight is 376 g/mol. The Hall–Kier alpha value is -2.53. The van der Waals surface area contributed by atoms with Crippen LogP contribution in [0.4, 0.5) is 5.69 Å². The highest BCUT2D eigenvalue weighted by atomic mass is 35.5. The number of ether oxygens (including phenoxy) is 2. The molecule has 0 saturated carbocycles. The number of anilines is 1. The Morgan fingerprint density at radius 3 is 2.54 bits per heavy atom. The molecule has 1 amide bonds. The molecule has 138 valence electrons. The number of nitrogens with one attached hydrogen (secondary N) is 1. The Kier molecular flexibility index (Phi) is 6.64. The first kappa shape index (κ1) is 19.8. The summed E-state index contributed by atoms with van der Waals surface area (Å²) in [7, 11) is 0. The highest BCUT2D eigenvalue weighted by molar-refractivity contribution is 6.31. The lowest BCUT2D eigenvalue weighted by Gasteiger charge is -2.15. The fourth-order valence-corrected chi connectivity index (χ4v) is 2.38. The predicted octanol–water partition coefficient (Wildman–Crippen LogP) is 4.21. The van der Waals surface area contributed by atoms with Crippen molar-refractivity contribution in [3.8, 4) is 5.75 Å².